The van der Waals surface area contributed by atoms with E-state index in [4.69, 9.17) is 4.74 Å². The number of benzene rings is 2. The summed E-state index contributed by atoms with van der Waals surface area (Å²) in [5.74, 6) is -0.596. The number of rotatable bonds is 7. The maximum atomic E-state index is 12.9. The molecule has 1 aliphatic carbocycles. The molecular weight excluding hydrogens is 376 g/mol. The summed E-state index contributed by atoms with van der Waals surface area (Å²) < 4.78 is 9.93. The lowest BCUT2D eigenvalue weighted by Crippen LogP contribution is -2.25. The van der Waals surface area contributed by atoms with E-state index in [1.807, 2.05) is 36.4 Å². The Labute approximate surface area is 168 Å². The predicted octanol–water partition coefficient (Wildman–Crippen LogP) is 3.93. The fraction of sp³-hybridized carbons (Fsp3) is 0.273. The van der Waals surface area contributed by atoms with Crippen molar-refractivity contribution in [1.82, 2.24) is 0 Å². The van der Waals surface area contributed by atoms with E-state index in [2.05, 4.69) is 4.74 Å². The molecule has 28 heavy (non-hydrogen) atoms. The van der Waals surface area contributed by atoms with E-state index in [9.17, 15) is 14.7 Å². The van der Waals surface area contributed by atoms with Crippen molar-refractivity contribution < 1.29 is 24.2 Å². The molecule has 0 saturated carbocycles. The number of carbonyl (C=O) groups excluding carboxylic acids is 2. The molecule has 2 atom stereocenters. The summed E-state index contributed by atoms with van der Waals surface area (Å²) in [4.78, 5) is 25.8. The van der Waals surface area contributed by atoms with E-state index < -0.39 is 18.0 Å². The van der Waals surface area contributed by atoms with Crippen LogP contribution in [-0.2, 0) is 14.3 Å². The van der Waals surface area contributed by atoms with E-state index in [0.29, 0.717) is 22.6 Å². The van der Waals surface area contributed by atoms with Gasteiger partial charge in [-0.05, 0) is 42.7 Å². The monoisotopic (exact) mass is 398 g/mol. The van der Waals surface area contributed by atoms with Crippen molar-refractivity contribution in [2.45, 2.75) is 23.8 Å². The Hall–Kier alpha value is -2.57. The number of Topliss-reactive ketones (excluding diaryl/α,β-unsaturated/α-hetero) is 1. The van der Waals surface area contributed by atoms with E-state index in [0.717, 1.165) is 11.3 Å². The Morgan fingerprint density at radius 2 is 2.00 bits per heavy atom. The second-order valence-electron chi connectivity index (χ2n) is 6.41. The highest BCUT2D eigenvalue weighted by molar-refractivity contribution is 8.04. The van der Waals surface area contributed by atoms with Crippen LogP contribution in [0.25, 0.3) is 0 Å². The third-order valence-corrected chi connectivity index (χ3v) is 5.62. The molecule has 6 heteroatoms. The second kappa shape index (κ2) is 9.57. The number of hydrogen-bond donors (Lipinski definition) is 1. The molecule has 1 aliphatic rings. The third-order valence-electron chi connectivity index (χ3n) is 4.52. The summed E-state index contributed by atoms with van der Waals surface area (Å²) in [5, 5.41) is 10.8. The Morgan fingerprint density at radius 3 is 2.75 bits per heavy atom. The summed E-state index contributed by atoms with van der Waals surface area (Å²) >= 11 is 1.43. The SMILES string of the molecule is COC(=O)COc1cccc(C(O)C2CCC=C(Sc3ccccc3)C2=O)c1. The van der Waals surface area contributed by atoms with Crippen LogP contribution >= 0.6 is 11.8 Å². The van der Waals surface area contributed by atoms with E-state index >= 15 is 0 Å². The van der Waals surface area contributed by atoms with Gasteiger partial charge in [0.15, 0.2) is 12.4 Å². The number of carbonyl (C=O) groups is 2. The van der Waals surface area contributed by atoms with E-state index in [-0.39, 0.29) is 12.4 Å². The molecule has 2 unspecified atom stereocenters. The van der Waals surface area contributed by atoms with Gasteiger partial charge in [-0.1, -0.05) is 48.2 Å². The number of aliphatic hydroxyl groups is 1. The molecule has 0 aliphatic heterocycles. The average molecular weight is 398 g/mol. The molecule has 2 aromatic rings. The quantitative estimate of drug-likeness (QED) is 0.713. The van der Waals surface area contributed by atoms with Gasteiger partial charge in [0.2, 0.25) is 0 Å². The highest BCUT2D eigenvalue weighted by Gasteiger charge is 2.32. The molecule has 1 N–H and O–H groups in total. The maximum absolute atomic E-state index is 12.9. The number of hydrogen-bond acceptors (Lipinski definition) is 6. The zero-order valence-electron chi connectivity index (χ0n) is 15.5. The van der Waals surface area contributed by atoms with Gasteiger partial charge in [0.1, 0.15) is 5.75 Å². The zero-order valence-corrected chi connectivity index (χ0v) is 16.4. The number of esters is 1. The fourth-order valence-corrected chi connectivity index (χ4v) is 4.04. The minimum Gasteiger partial charge on any atom is -0.482 e. The number of aliphatic hydroxyl groups excluding tert-OH is 1. The zero-order chi connectivity index (χ0) is 19.9. The summed E-state index contributed by atoms with van der Waals surface area (Å²) in [6.07, 6.45) is 2.33. The van der Waals surface area contributed by atoms with Crippen LogP contribution in [0.15, 0.2) is 70.5 Å². The Balaban J connectivity index is 1.70. The van der Waals surface area contributed by atoms with E-state index in [1.165, 1.54) is 18.9 Å². The lowest BCUT2D eigenvalue weighted by atomic mass is 9.85. The molecular formula is C22H22O5S. The van der Waals surface area contributed by atoms with Crippen LogP contribution < -0.4 is 4.74 Å². The average Bonchev–Trinajstić information content (AvgIpc) is 2.74. The molecule has 0 fully saturated rings. The van der Waals surface area contributed by atoms with Gasteiger partial charge < -0.3 is 14.6 Å². The summed E-state index contributed by atoms with van der Waals surface area (Å²) in [7, 11) is 1.29. The predicted molar refractivity (Wildman–Crippen MR) is 107 cm³/mol. The lowest BCUT2D eigenvalue weighted by Gasteiger charge is -2.26. The smallest absolute Gasteiger partial charge is 0.343 e. The number of allylic oxidation sites excluding steroid dienone is 2. The van der Waals surface area contributed by atoms with Gasteiger partial charge in [0.25, 0.3) is 0 Å². The number of thioether (sulfide) groups is 1. The van der Waals surface area contributed by atoms with Gasteiger partial charge >= 0.3 is 5.97 Å². The Kier molecular flexibility index (Phi) is 6.90. The fourth-order valence-electron chi connectivity index (χ4n) is 3.04. The van der Waals surface area contributed by atoms with Crippen LogP contribution in [0.4, 0.5) is 0 Å². The maximum Gasteiger partial charge on any atom is 0.343 e. The molecule has 0 radical (unpaired) electrons. The Morgan fingerprint density at radius 1 is 1.21 bits per heavy atom. The standard InChI is InChI=1S/C22H22O5S/c1-26-20(23)14-27-16-8-5-7-15(13-16)21(24)18-11-6-12-19(22(18)25)28-17-9-3-2-4-10-17/h2-5,7-10,12-13,18,21,24H,6,11,14H2,1H3. The van der Waals surface area contributed by atoms with E-state index in [1.54, 1.807) is 24.3 Å². The van der Waals surface area contributed by atoms with Gasteiger partial charge in [-0.3, -0.25) is 4.79 Å². The summed E-state index contributed by atoms with van der Waals surface area (Å²) in [6.45, 7) is -0.209. The first kappa shape index (κ1) is 20.2. The number of methoxy groups -OCH3 is 1. The van der Waals surface area contributed by atoms with Crippen LogP contribution in [0.2, 0.25) is 0 Å². The van der Waals surface area contributed by atoms with Gasteiger partial charge in [-0.2, -0.15) is 0 Å². The normalized spacial score (nSPS) is 17.6. The minimum absolute atomic E-state index is 0.0477. The van der Waals surface area contributed by atoms with Gasteiger partial charge in [-0.15, -0.1) is 0 Å². The van der Waals surface area contributed by atoms with Crippen LogP contribution in [0, 0.1) is 5.92 Å². The van der Waals surface area contributed by atoms with Gasteiger partial charge in [0.05, 0.1) is 24.0 Å². The first-order chi connectivity index (χ1) is 13.6. The number of ketones is 1. The van der Waals surface area contributed by atoms with Crippen molar-refractivity contribution in [3.05, 3.63) is 71.1 Å². The van der Waals surface area contributed by atoms with Crippen LogP contribution in [-0.4, -0.2) is 30.6 Å². The molecule has 3 rings (SSSR count). The molecule has 0 saturated heterocycles. The van der Waals surface area contributed by atoms with Crippen molar-refractivity contribution in [1.29, 1.82) is 0 Å². The topological polar surface area (TPSA) is 72.8 Å². The highest BCUT2D eigenvalue weighted by atomic mass is 32.2. The molecule has 0 amide bonds. The van der Waals surface area contributed by atoms with Crippen LogP contribution in [0.5, 0.6) is 5.75 Å². The molecule has 146 valence electrons. The molecule has 0 bridgehead atoms. The minimum atomic E-state index is -0.936. The first-order valence-electron chi connectivity index (χ1n) is 9.03. The molecule has 0 aromatic heterocycles. The van der Waals surface area contributed by atoms with Crippen molar-refractivity contribution >= 4 is 23.5 Å². The van der Waals surface area contributed by atoms with Crippen molar-refractivity contribution in [3.8, 4) is 5.75 Å². The van der Waals surface area contributed by atoms with Gasteiger partial charge in [-0.25, -0.2) is 4.79 Å². The number of ether oxygens (including phenoxy) is 2. The Bertz CT molecular complexity index is 862. The molecule has 0 spiro atoms. The highest BCUT2D eigenvalue weighted by Crippen LogP contribution is 2.38. The van der Waals surface area contributed by atoms with Crippen molar-refractivity contribution in [2.75, 3.05) is 13.7 Å². The van der Waals surface area contributed by atoms with Crippen molar-refractivity contribution in [2.24, 2.45) is 5.92 Å². The summed E-state index contributed by atoms with van der Waals surface area (Å²) in [5.41, 5.74) is 0.590. The second-order valence-corrected chi connectivity index (χ2v) is 7.53. The van der Waals surface area contributed by atoms with Crippen LogP contribution in [0.3, 0.4) is 0 Å². The van der Waals surface area contributed by atoms with Gasteiger partial charge in [0, 0.05) is 4.90 Å². The lowest BCUT2D eigenvalue weighted by molar-refractivity contribution is -0.142. The molecule has 0 heterocycles. The molecule has 5 nitrogen and oxygen atoms in total. The van der Waals surface area contributed by atoms with Crippen molar-refractivity contribution in [3.63, 3.8) is 0 Å². The molecule has 2 aromatic carbocycles. The third kappa shape index (κ3) is 5.03. The first-order valence-corrected chi connectivity index (χ1v) is 9.85. The van der Waals surface area contributed by atoms with Crippen LogP contribution in [0.1, 0.15) is 24.5 Å². The largest absolute Gasteiger partial charge is 0.482 e. The summed E-state index contributed by atoms with van der Waals surface area (Å²) in [6, 6.07) is 16.6.